The van der Waals surface area contributed by atoms with E-state index in [1.54, 1.807) is 0 Å². The Morgan fingerprint density at radius 2 is 1.22 bits per heavy atom. The third-order valence-electron chi connectivity index (χ3n) is 13.8. The van der Waals surface area contributed by atoms with Crippen molar-refractivity contribution < 1.29 is 9.90 Å². The fraction of sp³-hybridized carbons (Fsp3) is 0.967. The quantitative estimate of drug-likeness (QED) is 0.420. The second-order valence-corrected chi connectivity index (χ2v) is 15.5. The Labute approximate surface area is 197 Å². The molecule has 0 radical (unpaired) electrons. The predicted molar refractivity (Wildman–Crippen MR) is 131 cm³/mol. The van der Waals surface area contributed by atoms with E-state index >= 15 is 0 Å². The average Bonchev–Trinajstić information content (AvgIpc) is 2.69. The molecule has 5 rings (SSSR count). The van der Waals surface area contributed by atoms with E-state index in [0.29, 0.717) is 39.9 Å². The van der Waals surface area contributed by atoms with E-state index in [2.05, 4.69) is 48.5 Å². The van der Waals surface area contributed by atoms with Gasteiger partial charge in [0.1, 0.15) is 5.60 Å². The van der Waals surface area contributed by atoms with Crippen LogP contribution in [0, 0.1) is 50.2 Å². The molecule has 0 aliphatic heterocycles. The van der Waals surface area contributed by atoms with Gasteiger partial charge in [-0.05, 0) is 116 Å². The highest BCUT2D eigenvalue weighted by Gasteiger charge is 2.72. The van der Waals surface area contributed by atoms with Crippen LogP contribution in [0.5, 0.6) is 0 Å². The summed E-state index contributed by atoms with van der Waals surface area (Å²) >= 11 is 0. The summed E-state index contributed by atoms with van der Waals surface area (Å²) < 4.78 is 0. The molecule has 0 heterocycles. The van der Waals surface area contributed by atoms with Crippen LogP contribution in [-0.2, 0) is 4.79 Å². The molecule has 0 amide bonds. The molecular weight excluding hydrogens is 392 g/mol. The monoisotopic (exact) mass is 442 g/mol. The first-order valence-corrected chi connectivity index (χ1v) is 13.8. The van der Waals surface area contributed by atoms with E-state index in [1.165, 1.54) is 51.4 Å². The van der Waals surface area contributed by atoms with Crippen molar-refractivity contribution in [3.8, 4) is 0 Å². The summed E-state index contributed by atoms with van der Waals surface area (Å²) in [6.07, 6.45) is 13.3. The SMILES string of the molecule is CC1(C)CC[C@]2(C)CC[C@]3(C)[C@H]4CC[C@@]5(C)[C@@H](CCC(=O)[C@@]5(C)O)[C@]4(C)CC[C@@]3(C)[C@@H]2C1. The highest BCUT2D eigenvalue weighted by atomic mass is 16.3. The zero-order valence-electron chi connectivity index (χ0n) is 22.4. The van der Waals surface area contributed by atoms with Gasteiger partial charge in [0.15, 0.2) is 5.78 Å². The third-order valence-corrected chi connectivity index (χ3v) is 13.8. The fourth-order valence-corrected chi connectivity index (χ4v) is 11.2. The lowest BCUT2D eigenvalue weighted by Gasteiger charge is -2.75. The zero-order chi connectivity index (χ0) is 23.6. The van der Waals surface area contributed by atoms with Crippen LogP contribution < -0.4 is 0 Å². The Kier molecular flexibility index (Phi) is 4.70. The summed E-state index contributed by atoms with van der Waals surface area (Å²) in [7, 11) is 0. The van der Waals surface area contributed by atoms with Crippen molar-refractivity contribution in [2.24, 2.45) is 50.2 Å². The van der Waals surface area contributed by atoms with E-state index in [4.69, 9.17) is 0 Å². The summed E-state index contributed by atoms with van der Waals surface area (Å²) in [4.78, 5) is 12.8. The molecule has 5 aliphatic rings. The molecule has 2 nitrogen and oxygen atoms in total. The van der Waals surface area contributed by atoms with E-state index in [1.807, 2.05) is 6.92 Å². The maximum Gasteiger partial charge on any atom is 0.164 e. The van der Waals surface area contributed by atoms with Crippen molar-refractivity contribution >= 4 is 5.78 Å². The van der Waals surface area contributed by atoms with Crippen molar-refractivity contribution in [2.75, 3.05) is 0 Å². The molecule has 0 bridgehead atoms. The Morgan fingerprint density at radius 3 is 1.91 bits per heavy atom. The van der Waals surface area contributed by atoms with Crippen molar-refractivity contribution in [2.45, 2.75) is 132 Å². The number of rotatable bonds is 0. The molecule has 5 fully saturated rings. The highest BCUT2D eigenvalue weighted by molar-refractivity contribution is 5.88. The van der Waals surface area contributed by atoms with Crippen LogP contribution in [0.3, 0.4) is 0 Å². The van der Waals surface area contributed by atoms with Gasteiger partial charge >= 0.3 is 0 Å². The second-order valence-electron chi connectivity index (χ2n) is 15.5. The molecule has 5 saturated carbocycles. The van der Waals surface area contributed by atoms with Crippen molar-refractivity contribution in [3.05, 3.63) is 0 Å². The van der Waals surface area contributed by atoms with Crippen molar-refractivity contribution in [1.82, 2.24) is 0 Å². The zero-order valence-corrected chi connectivity index (χ0v) is 22.4. The molecule has 32 heavy (non-hydrogen) atoms. The van der Waals surface area contributed by atoms with Crippen LogP contribution in [0.25, 0.3) is 0 Å². The first kappa shape index (κ1) is 23.4. The van der Waals surface area contributed by atoms with Gasteiger partial charge < -0.3 is 5.11 Å². The topological polar surface area (TPSA) is 37.3 Å². The highest BCUT2D eigenvalue weighted by Crippen LogP contribution is 2.78. The van der Waals surface area contributed by atoms with Crippen LogP contribution in [-0.4, -0.2) is 16.5 Å². The van der Waals surface area contributed by atoms with Gasteiger partial charge in [-0.1, -0.05) is 48.5 Å². The molecule has 5 aliphatic carbocycles. The Bertz CT molecular complexity index is 827. The number of ketones is 1. The van der Waals surface area contributed by atoms with E-state index in [-0.39, 0.29) is 16.6 Å². The molecule has 0 aromatic carbocycles. The smallest absolute Gasteiger partial charge is 0.164 e. The maximum absolute atomic E-state index is 12.8. The van der Waals surface area contributed by atoms with Crippen LogP contribution in [0.4, 0.5) is 0 Å². The molecule has 182 valence electrons. The lowest BCUT2D eigenvalue weighted by Crippen LogP contribution is -2.70. The standard InChI is InChI=1S/C30H50O2/c1-24(2)13-14-25(3)15-17-27(5)21-11-12-29(7)20(9-10-23(31)30(29,8)32)26(21,4)16-18-28(27,6)22(25)19-24/h20-22,32H,9-19H2,1-8H3/t20-,21-,22+,25+,26-,27+,28-,29-,30+/m0/s1. The number of carbonyl (C=O) groups excluding carboxylic acids is 1. The predicted octanol–water partition coefficient (Wildman–Crippen LogP) is 7.57. The van der Waals surface area contributed by atoms with Gasteiger partial charge in [0.25, 0.3) is 0 Å². The molecule has 2 heteroatoms. The fourth-order valence-electron chi connectivity index (χ4n) is 11.2. The number of hydrogen-bond donors (Lipinski definition) is 1. The molecule has 1 N–H and O–H groups in total. The van der Waals surface area contributed by atoms with Crippen LogP contribution in [0.15, 0.2) is 0 Å². The number of aliphatic hydroxyl groups is 1. The number of fused-ring (bicyclic) bond motifs is 7. The van der Waals surface area contributed by atoms with Gasteiger partial charge in [0.05, 0.1) is 0 Å². The third kappa shape index (κ3) is 2.60. The summed E-state index contributed by atoms with van der Waals surface area (Å²) in [5.41, 5.74) is 0.567. The Hall–Kier alpha value is -0.370. The number of carbonyl (C=O) groups is 1. The van der Waals surface area contributed by atoms with Gasteiger partial charge in [-0.25, -0.2) is 0 Å². The molecule has 0 unspecified atom stereocenters. The van der Waals surface area contributed by atoms with Gasteiger partial charge in [-0.3, -0.25) is 4.79 Å². The van der Waals surface area contributed by atoms with Crippen molar-refractivity contribution in [3.63, 3.8) is 0 Å². The molecule has 0 aromatic rings. The lowest BCUT2D eigenvalue weighted by molar-refractivity contribution is -0.269. The van der Waals surface area contributed by atoms with Crippen molar-refractivity contribution in [1.29, 1.82) is 0 Å². The van der Waals surface area contributed by atoms with E-state index < -0.39 is 5.60 Å². The second kappa shape index (κ2) is 6.44. The van der Waals surface area contributed by atoms with E-state index in [0.717, 1.165) is 18.8 Å². The van der Waals surface area contributed by atoms with Crippen LogP contribution in [0.2, 0.25) is 0 Å². The number of hydrogen-bond acceptors (Lipinski definition) is 2. The first-order chi connectivity index (χ1) is 14.6. The maximum atomic E-state index is 12.8. The average molecular weight is 443 g/mol. The lowest BCUT2D eigenvalue weighted by atomic mass is 9.30. The molecular formula is C30H50O2. The molecule has 9 atom stereocenters. The minimum absolute atomic E-state index is 0.0861. The number of Topliss-reactive ketones (excluding diaryl/α,β-unsaturated/α-hetero) is 1. The molecule has 0 saturated heterocycles. The van der Waals surface area contributed by atoms with Gasteiger partial charge in [-0.2, -0.15) is 0 Å². The van der Waals surface area contributed by atoms with Crippen LogP contribution >= 0.6 is 0 Å². The largest absolute Gasteiger partial charge is 0.382 e. The molecule has 0 aromatic heterocycles. The normalized spacial score (nSPS) is 59.4. The van der Waals surface area contributed by atoms with Gasteiger partial charge in [-0.15, -0.1) is 0 Å². The van der Waals surface area contributed by atoms with Gasteiger partial charge in [0, 0.05) is 11.8 Å². The summed E-state index contributed by atoms with van der Waals surface area (Å²) in [6, 6.07) is 0. The minimum atomic E-state index is -1.16. The Morgan fingerprint density at radius 1 is 0.656 bits per heavy atom. The molecule has 0 spiro atoms. The summed E-state index contributed by atoms with van der Waals surface area (Å²) in [5.74, 6) is 2.08. The summed E-state index contributed by atoms with van der Waals surface area (Å²) in [6.45, 7) is 19.7. The first-order valence-electron chi connectivity index (χ1n) is 13.8. The van der Waals surface area contributed by atoms with Gasteiger partial charge in [0.2, 0.25) is 0 Å². The van der Waals surface area contributed by atoms with Crippen LogP contribution in [0.1, 0.15) is 126 Å². The minimum Gasteiger partial charge on any atom is -0.382 e. The Balaban J connectivity index is 1.56. The summed E-state index contributed by atoms with van der Waals surface area (Å²) in [5, 5.41) is 11.4. The van der Waals surface area contributed by atoms with E-state index in [9.17, 15) is 9.90 Å².